The summed E-state index contributed by atoms with van der Waals surface area (Å²) >= 11 is 2.67. The summed E-state index contributed by atoms with van der Waals surface area (Å²) in [4.78, 5) is 30.8. The summed E-state index contributed by atoms with van der Waals surface area (Å²) in [6.07, 6.45) is 0. The lowest BCUT2D eigenvalue weighted by Gasteiger charge is -2.12. The molecule has 0 aliphatic rings. The fraction of sp³-hybridized carbons (Fsp3) is 0.0952. The van der Waals surface area contributed by atoms with Gasteiger partial charge >= 0.3 is 0 Å². The summed E-state index contributed by atoms with van der Waals surface area (Å²) in [7, 11) is 0. The van der Waals surface area contributed by atoms with Crippen LogP contribution in [0.25, 0.3) is 15.9 Å². The average Bonchev–Trinajstić information content (AvgIpc) is 3.18. The Morgan fingerprint density at radius 1 is 1.11 bits per heavy atom. The van der Waals surface area contributed by atoms with Crippen LogP contribution in [0, 0.1) is 6.92 Å². The zero-order chi connectivity index (χ0) is 19.5. The highest BCUT2D eigenvalue weighted by atomic mass is 32.2. The second kappa shape index (κ2) is 8.00. The molecular formula is C21H17N3O2S2. The molecule has 0 unspecified atom stereocenters. The summed E-state index contributed by atoms with van der Waals surface area (Å²) < 4.78 is 1.57. The highest BCUT2D eigenvalue weighted by molar-refractivity contribution is 7.99. The monoisotopic (exact) mass is 407 g/mol. The first-order chi connectivity index (χ1) is 13.6. The first-order valence-electron chi connectivity index (χ1n) is 8.67. The van der Waals surface area contributed by atoms with Crippen LogP contribution in [0.4, 0.5) is 5.69 Å². The minimum absolute atomic E-state index is 0.126. The van der Waals surface area contributed by atoms with E-state index < -0.39 is 0 Å². The van der Waals surface area contributed by atoms with Crippen LogP contribution >= 0.6 is 23.1 Å². The largest absolute Gasteiger partial charge is 0.325 e. The number of aromatic nitrogens is 2. The van der Waals surface area contributed by atoms with Crippen molar-refractivity contribution in [3.63, 3.8) is 0 Å². The second-order valence-electron chi connectivity index (χ2n) is 6.16. The molecule has 4 rings (SSSR count). The lowest BCUT2D eigenvalue weighted by molar-refractivity contribution is -0.113. The Balaban J connectivity index is 1.64. The minimum Gasteiger partial charge on any atom is -0.325 e. The van der Waals surface area contributed by atoms with Gasteiger partial charge < -0.3 is 5.32 Å². The molecule has 1 amide bonds. The Labute approximate surface area is 170 Å². The summed E-state index contributed by atoms with van der Waals surface area (Å²) in [5.74, 6) is 0.0178. The molecule has 0 saturated carbocycles. The number of carbonyl (C=O) groups is 1. The third-order valence-corrected chi connectivity index (χ3v) is 5.98. The van der Waals surface area contributed by atoms with E-state index in [0.717, 1.165) is 16.9 Å². The number of fused-ring (bicyclic) bond motifs is 1. The molecule has 28 heavy (non-hydrogen) atoms. The fourth-order valence-corrected chi connectivity index (χ4v) is 4.44. The quantitative estimate of drug-likeness (QED) is 0.391. The number of hydrogen-bond donors (Lipinski definition) is 1. The number of rotatable bonds is 5. The molecule has 4 aromatic rings. The summed E-state index contributed by atoms with van der Waals surface area (Å²) in [6.45, 7) is 1.95. The maximum atomic E-state index is 13.0. The van der Waals surface area contributed by atoms with Crippen LogP contribution in [0.2, 0.25) is 0 Å². The van der Waals surface area contributed by atoms with Crippen molar-refractivity contribution in [2.24, 2.45) is 0 Å². The van der Waals surface area contributed by atoms with Gasteiger partial charge in [0.25, 0.3) is 5.56 Å². The number of thiophene rings is 1. The van der Waals surface area contributed by atoms with Crippen LogP contribution in [0.1, 0.15) is 5.56 Å². The van der Waals surface area contributed by atoms with E-state index in [9.17, 15) is 9.59 Å². The molecule has 1 N–H and O–H groups in total. The number of amides is 1. The fourth-order valence-electron chi connectivity index (χ4n) is 2.83. The van der Waals surface area contributed by atoms with Crippen molar-refractivity contribution >= 4 is 44.9 Å². The zero-order valence-corrected chi connectivity index (χ0v) is 16.7. The molecule has 0 fully saturated rings. The van der Waals surface area contributed by atoms with Crippen LogP contribution in [-0.2, 0) is 4.79 Å². The van der Waals surface area contributed by atoms with Crippen LogP contribution in [0.5, 0.6) is 0 Å². The SMILES string of the molecule is Cc1ccccc1NC(=O)CSc1nc2sccc2c(=O)n1-c1ccccc1. The van der Waals surface area contributed by atoms with E-state index in [4.69, 9.17) is 0 Å². The third kappa shape index (κ3) is 3.72. The standard InChI is InChI=1S/C21H17N3O2S2/c1-14-7-5-6-10-17(14)22-18(25)13-28-21-23-19-16(11-12-27-19)20(26)24(21)15-8-3-2-4-9-15/h2-12H,13H2,1H3,(H,22,25). The van der Waals surface area contributed by atoms with E-state index in [1.54, 1.807) is 10.6 Å². The molecule has 0 aliphatic carbocycles. The molecule has 0 spiro atoms. The predicted molar refractivity (Wildman–Crippen MR) is 116 cm³/mol. The number of carbonyl (C=O) groups excluding carboxylic acids is 1. The normalized spacial score (nSPS) is 10.9. The predicted octanol–water partition coefficient (Wildman–Crippen LogP) is 4.49. The van der Waals surface area contributed by atoms with Crippen molar-refractivity contribution < 1.29 is 4.79 Å². The van der Waals surface area contributed by atoms with Crippen molar-refractivity contribution in [3.8, 4) is 5.69 Å². The van der Waals surface area contributed by atoms with Gasteiger partial charge in [-0.3, -0.25) is 14.2 Å². The van der Waals surface area contributed by atoms with E-state index >= 15 is 0 Å². The molecule has 2 aromatic carbocycles. The second-order valence-corrected chi connectivity index (χ2v) is 8.00. The first-order valence-corrected chi connectivity index (χ1v) is 10.5. The number of nitrogens with one attached hydrogen (secondary N) is 1. The number of nitrogens with zero attached hydrogens (tertiary/aromatic N) is 2. The van der Waals surface area contributed by atoms with E-state index in [0.29, 0.717) is 15.4 Å². The maximum absolute atomic E-state index is 13.0. The Morgan fingerprint density at radius 3 is 2.64 bits per heavy atom. The van der Waals surface area contributed by atoms with Gasteiger partial charge in [0, 0.05) is 5.69 Å². The van der Waals surface area contributed by atoms with Gasteiger partial charge in [0.15, 0.2) is 5.16 Å². The van der Waals surface area contributed by atoms with Crippen molar-refractivity contribution in [1.29, 1.82) is 0 Å². The molecule has 7 heteroatoms. The number of thioether (sulfide) groups is 1. The van der Waals surface area contributed by atoms with Gasteiger partial charge in [-0.2, -0.15) is 0 Å². The Morgan fingerprint density at radius 2 is 1.86 bits per heavy atom. The topological polar surface area (TPSA) is 64.0 Å². The summed E-state index contributed by atoms with van der Waals surface area (Å²) in [6, 6.07) is 18.8. The van der Waals surface area contributed by atoms with Crippen molar-refractivity contribution in [3.05, 3.63) is 82.0 Å². The van der Waals surface area contributed by atoms with E-state index in [2.05, 4.69) is 10.3 Å². The smallest absolute Gasteiger partial charge is 0.267 e. The number of aryl methyl sites for hydroxylation is 1. The number of para-hydroxylation sites is 2. The van der Waals surface area contributed by atoms with Gasteiger partial charge in [-0.15, -0.1) is 11.3 Å². The van der Waals surface area contributed by atoms with E-state index in [1.165, 1.54) is 23.1 Å². The number of hydrogen-bond acceptors (Lipinski definition) is 5. The number of benzene rings is 2. The average molecular weight is 408 g/mol. The molecule has 140 valence electrons. The minimum atomic E-state index is -0.139. The molecule has 0 bridgehead atoms. The lowest BCUT2D eigenvalue weighted by atomic mass is 10.2. The molecule has 0 atom stereocenters. The zero-order valence-electron chi connectivity index (χ0n) is 15.1. The Hall–Kier alpha value is -2.90. The Bertz CT molecular complexity index is 1200. The van der Waals surface area contributed by atoms with E-state index in [-0.39, 0.29) is 17.2 Å². The first kappa shape index (κ1) is 18.5. The van der Waals surface area contributed by atoms with Crippen molar-refractivity contribution in [2.75, 3.05) is 11.1 Å². The van der Waals surface area contributed by atoms with Crippen molar-refractivity contribution in [1.82, 2.24) is 9.55 Å². The molecular weight excluding hydrogens is 390 g/mol. The van der Waals surface area contributed by atoms with E-state index in [1.807, 2.05) is 66.9 Å². The van der Waals surface area contributed by atoms with Gasteiger partial charge in [0.2, 0.25) is 5.91 Å². The van der Waals surface area contributed by atoms with Gasteiger partial charge in [-0.05, 0) is 42.1 Å². The summed E-state index contributed by atoms with van der Waals surface area (Å²) in [5, 5.41) is 5.86. The molecule has 0 saturated heterocycles. The van der Waals surface area contributed by atoms with Crippen LogP contribution in [-0.4, -0.2) is 21.2 Å². The lowest BCUT2D eigenvalue weighted by Crippen LogP contribution is -2.22. The van der Waals surface area contributed by atoms with Crippen LogP contribution in [0.3, 0.4) is 0 Å². The maximum Gasteiger partial charge on any atom is 0.267 e. The van der Waals surface area contributed by atoms with Crippen molar-refractivity contribution in [2.45, 2.75) is 12.1 Å². The molecule has 0 aliphatic heterocycles. The van der Waals surface area contributed by atoms with Gasteiger partial charge in [-0.1, -0.05) is 48.2 Å². The van der Waals surface area contributed by atoms with Gasteiger partial charge in [0.1, 0.15) is 4.83 Å². The third-order valence-electron chi connectivity index (χ3n) is 4.23. The molecule has 0 radical (unpaired) electrons. The number of anilines is 1. The highest BCUT2D eigenvalue weighted by Gasteiger charge is 2.15. The summed E-state index contributed by atoms with van der Waals surface area (Å²) in [5.41, 5.74) is 2.39. The molecule has 2 heterocycles. The Kier molecular flexibility index (Phi) is 5.27. The van der Waals surface area contributed by atoms with Crippen LogP contribution < -0.4 is 10.9 Å². The van der Waals surface area contributed by atoms with Gasteiger partial charge in [-0.25, -0.2) is 4.98 Å². The molecule has 2 aromatic heterocycles. The molecule has 5 nitrogen and oxygen atoms in total. The van der Waals surface area contributed by atoms with Crippen LogP contribution in [0.15, 0.2) is 76.0 Å². The van der Waals surface area contributed by atoms with Gasteiger partial charge in [0.05, 0.1) is 16.8 Å². The highest BCUT2D eigenvalue weighted by Crippen LogP contribution is 2.24.